The van der Waals surface area contributed by atoms with Crippen molar-refractivity contribution in [2.75, 3.05) is 13.2 Å². The predicted octanol–water partition coefficient (Wildman–Crippen LogP) is 1.70. The fraction of sp³-hybridized carbons (Fsp3) is 0.533. The Kier molecular flexibility index (Phi) is 5.83. The number of hydrogen-bond acceptors (Lipinski definition) is 4. The molecule has 20 heavy (non-hydrogen) atoms. The van der Waals surface area contributed by atoms with Crippen molar-refractivity contribution < 1.29 is 13.9 Å². The van der Waals surface area contributed by atoms with E-state index in [1.165, 1.54) is 6.08 Å². The molecular weight excluding hydrogens is 256 g/mol. The lowest BCUT2D eigenvalue weighted by Crippen LogP contribution is -2.32. The molecule has 0 bridgehead atoms. The smallest absolute Gasteiger partial charge is 0.244 e. The van der Waals surface area contributed by atoms with Gasteiger partial charge in [0.05, 0.1) is 19.0 Å². The SMILES string of the molecule is NC1CCC(OCCNC(=O)C=Cc2ccco2)CC1. The quantitative estimate of drug-likeness (QED) is 0.613. The molecule has 1 saturated carbocycles. The Labute approximate surface area is 119 Å². The molecule has 0 atom stereocenters. The minimum Gasteiger partial charge on any atom is -0.465 e. The average Bonchev–Trinajstić information content (AvgIpc) is 2.96. The van der Waals surface area contributed by atoms with E-state index in [0.29, 0.717) is 31.1 Å². The first kappa shape index (κ1) is 14.8. The molecule has 0 aliphatic heterocycles. The maximum absolute atomic E-state index is 11.5. The highest BCUT2D eigenvalue weighted by Gasteiger charge is 2.18. The summed E-state index contributed by atoms with van der Waals surface area (Å²) in [5, 5.41) is 2.78. The second-order valence-electron chi connectivity index (χ2n) is 5.05. The zero-order valence-electron chi connectivity index (χ0n) is 11.6. The van der Waals surface area contributed by atoms with Gasteiger partial charge in [0.2, 0.25) is 5.91 Å². The fourth-order valence-electron chi connectivity index (χ4n) is 2.26. The molecule has 110 valence electrons. The third kappa shape index (κ3) is 5.19. The van der Waals surface area contributed by atoms with Crippen molar-refractivity contribution in [2.45, 2.75) is 37.8 Å². The number of hydrogen-bond donors (Lipinski definition) is 2. The topological polar surface area (TPSA) is 77.5 Å². The van der Waals surface area contributed by atoms with Crippen molar-refractivity contribution in [1.29, 1.82) is 0 Å². The number of nitrogens with two attached hydrogens (primary N) is 1. The lowest BCUT2D eigenvalue weighted by atomic mass is 9.94. The molecule has 5 heteroatoms. The van der Waals surface area contributed by atoms with Crippen LogP contribution in [-0.2, 0) is 9.53 Å². The first-order valence-corrected chi connectivity index (χ1v) is 7.10. The first-order valence-electron chi connectivity index (χ1n) is 7.10. The summed E-state index contributed by atoms with van der Waals surface area (Å²) in [5.74, 6) is 0.519. The lowest BCUT2D eigenvalue weighted by Gasteiger charge is -2.26. The standard InChI is InChI=1S/C15H22N2O3/c16-12-3-5-14(6-4-12)20-11-9-17-15(18)8-7-13-2-1-10-19-13/h1-2,7-8,10,12,14H,3-6,9,11,16H2,(H,17,18). The fourth-order valence-corrected chi connectivity index (χ4v) is 2.26. The number of carbonyl (C=O) groups is 1. The number of ether oxygens (including phenoxy) is 1. The summed E-state index contributed by atoms with van der Waals surface area (Å²) >= 11 is 0. The number of rotatable bonds is 6. The molecule has 1 aliphatic carbocycles. The van der Waals surface area contributed by atoms with Crippen LogP contribution >= 0.6 is 0 Å². The van der Waals surface area contributed by atoms with E-state index in [9.17, 15) is 4.79 Å². The molecule has 0 radical (unpaired) electrons. The van der Waals surface area contributed by atoms with Crippen LogP contribution in [0.3, 0.4) is 0 Å². The van der Waals surface area contributed by atoms with Crippen molar-refractivity contribution in [1.82, 2.24) is 5.32 Å². The van der Waals surface area contributed by atoms with Crippen molar-refractivity contribution >= 4 is 12.0 Å². The van der Waals surface area contributed by atoms with Crippen molar-refractivity contribution in [3.63, 3.8) is 0 Å². The van der Waals surface area contributed by atoms with Crippen LogP contribution in [0.25, 0.3) is 6.08 Å². The van der Waals surface area contributed by atoms with Crippen LogP contribution in [0.5, 0.6) is 0 Å². The number of nitrogens with one attached hydrogen (secondary N) is 1. The molecule has 1 aromatic heterocycles. The van der Waals surface area contributed by atoms with Crippen molar-refractivity contribution in [2.24, 2.45) is 5.73 Å². The van der Waals surface area contributed by atoms with E-state index in [1.54, 1.807) is 24.5 Å². The molecule has 0 aromatic carbocycles. The Morgan fingerprint density at radius 3 is 2.95 bits per heavy atom. The summed E-state index contributed by atoms with van der Waals surface area (Å²) in [6.07, 6.45) is 9.07. The second kappa shape index (κ2) is 7.87. The monoisotopic (exact) mass is 278 g/mol. The summed E-state index contributed by atoms with van der Waals surface area (Å²) < 4.78 is 10.8. The maximum atomic E-state index is 11.5. The van der Waals surface area contributed by atoms with Gasteiger partial charge in [-0.15, -0.1) is 0 Å². The van der Waals surface area contributed by atoms with Crippen LogP contribution in [0.15, 0.2) is 28.9 Å². The number of amides is 1. The van der Waals surface area contributed by atoms with Crippen LogP contribution in [0.4, 0.5) is 0 Å². The highest BCUT2D eigenvalue weighted by atomic mass is 16.5. The second-order valence-corrected chi connectivity index (χ2v) is 5.05. The van der Waals surface area contributed by atoms with Gasteiger partial charge in [-0.3, -0.25) is 4.79 Å². The van der Waals surface area contributed by atoms with Gasteiger partial charge < -0.3 is 20.2 Å². The highest BCUT2D eigenvalue weighted by molar-refractivity contribution is 5.91. The Morgan fingerprint density at radius 2 is 2.25 bits per heavy atom. The molecule has 1 aromatic rings. The van der Waals surface area contributed by atoms with Crippen molar-refractivity contribution in [3.8, 4) is 0 Å². The van der Waals surface area contributed by atoms with E-state index in [4.69, 9.17) is 14.9 Å². The van der Waals surface area contributed by atoms with Gasteiger partial charge in [0.15, 0.2) is 0 Å². The number of carbonyl (C=O) groups excluding carboxylic acids is 1. The van der Waals surface area contributed by atoms with Gasteiger partial charge >= 0.3 is 0 Å². The van der Waals surface area contributed by atoms with Gasteiger partial charge in [0, 0.05) is 18.7 Å². The molecule has 3 N–H and O–H groups in total. The first-order chi connectivity index (χ1) is 9.74. The van der Waals surface area contributed by atoms with E-state index in [1.807, 2.05) is 0 Å². The van der Waals surface area contributed by atoms with Gasteiger partial charge in [-0.1, -0.05) is 0 Å². The predicted molar refractivity (Wildman–Crippen MR) is 76.9 cm³/mol. The Morgan fingerprint density at radius 1 is 1.45 bits per heavy atom. The Hall–Kier alpha value is -1.59. The number of furan rings is 1. The molecule has 1 aliphatic rings. The zero-order chi connectivity index (χ0) is 14.2. The van der Waals surface area contributed by atoms with Crippen molar-refractivity contribution in [3.05, 3.63) is 30.2 Å². The normalized spacial score (nSPS) is 23.1. The van der Waals surface area contributed by atoms with Crippen LogP contribution < -0.4 is 11.1 Å². The molecule has 1 amide bonds. The zero-order valence-corrected chi connectivity index (χ0v) is 11.6. The van der Waals surface area contributed by atoms with Crippen LogP contribution in [0.2, 0.25) is 0 Å². The molecule has 0 spiro atoms. The highest BCUT2D eigenvalue weighted by Crippen LogP contribution is 2.19. The summed E-state index contributed by atoms with van der Waals surface area (Å²) in [5.41, 5.74) is 5.84. The summed E-state index contributed by atoms with van der Waals surface area (Å²) in [6, 6.07) is 3.91. The van der Waals surface area contributed by atoms with Gasteiger partial charge in [-0.2, -0.15) is 0 Å². The van der Waals surface area contributed by atoms with Crippen LogP contribution in [0, 0.1) is 0 Å². The van der Waals surface area contributed by atoms with E-state index in [0.717, 1.165) is 25.7 Å². The van der Waals surface area contributed by atoms with E-state index >= 15 is 0 Å². The van der Waals surface area contributed by atoms with Crippen LogP contribution in [0.1, 0.15) is 31.4 Å². The molecule has 0 saturated heterocycles. The van der Waals surface area contributed by atoms with Gasteiger partial charge in [-0.25, -0.2) is 0 Å². The maximum Gasteiger partial charge on any atom is 0.244 e. The third-order valence-corrected chi connectivity index (χ3v) is 3.42. The molecule has 1 fully saturated rings. The van der Waals surface area contributed by atoms with Gasteiger partial charge in [0.25, 0.3) is 0 Å². The molecule has 0 unspecified atom stereocenters. The van der Waals surface area contributed by atoms with E-state index in [2.05, 4.69) is 5.32 Å². The molecule has 1 heterocycles. The van der Waals surface area contributed by atoms with E-state index in [-0.39, 0.29) is 5.91 Å². The molecule has 2 rings (SSSR count). The average molecular weight is 278 g/mol. The molecule has 5 nitrogen and oxygen atoms in total. The summed E-state index contributed by atoms with van der Waals surface area (Å²) in [6.45, 7) is 1.06. The van der Waals surface area contributed by atoms with Crippen LogP contribution in [-0.4, -0.2) is 31.2 Å². The minimum absolute atomic E-state index is 0.143. The minimum atomic E-state index is -0.143. The Balaban J connectivity index is 1.55. The summed E-state index contributed by atoms with van der Waals surface area (Å²) in [4.78, 5) is 11.5. The third-order valence-electron chi connectivity index (χ3n) is 3.42. The van der Waals surface area contributed by atoms with E-state index < -0.39 is 0 Å². The van der Waals surface area contributed by atoms with Gasteiger partial charge in [-0.05, 0) is 43.9 Å². The molecular formula is C15H22N2O3. The largest absolute Gasteiger partial charge is 0.465 e. The Bertz CT molecular complexity index is 420. The lowest BCUT2D eigenvalue weighted by molar-refractivity contribution is -0.116. The summed E-state index contributed by atoms with van der Waals surface area (Å²) in [7, 11) is 0. The van der Waals surface area contributed by atoms with Gasteiger partial charge in [0.1, 0.15) is 5.76 Å².